The number of anilines is 1. The Bertz CT molecular complexity index is 1800. The maximum absolute atomic E-state index is 16.5. The van der Waals surface area contributed by atoms with E-state index in [1.54, 1.807) is 36.3 Å². The van der Waals surface area contributed by atoms with Crippen molar-refractivity contribution in [1.29, 1.82) is 5.26 Å². The Labute approximate surface area is 254 Å². The third-order valence-corrected chi connectivity index (χ3v) is 8.34. The average molecular weight is 627 g/mol. The van der Waals surface area contributed by atoms with Crippen LogP contribution in [0.25, 0.3) is 32.9 Å². The van der Waals surface area contributed by atoms with Crippen LogP contribution in [-0.2, 0) is 0 Å². The number of carboxylic acid groups (broad SMARTS) is 1. The van der Waals surface area contributed by atoms with E-state index in [0.29, 0.717) is 21.4 Å². The fourth-order valence-electron chi connectivity index (χ4n) is 5.88. The number of carbonyl (C=O) groups is 1. The largest absolute Gasteiger partial charge is 0.465 e. The minimum Gasteiger partial charge on any atom is -0.465 e. The molecular formula is C29H26ClF3N8O3. The predicted molar refractivity (Wildman–Crippen MR) is 155 cm³/mol. The molecule has 11 nitrogen and oxygen atoms in total. The van der Waals surface area contributed by atoms with Gasteiger partial charge in [0.05, 0.1) is 30.5 Å². The van der Waals surface area contributed by atoms with Gasteiger partial charge in [0.25, 0.3) is 5.92 Å². The number of hydrogen-bond donors (Lipinski definition) is 1. The number of nitrogens with zero attached hydrogens (tertiary/aromatic N) is 8. The van der Waals surface area contributed by atoms with Crippen LogP contribution in [0.4, 0.5) is 23.8 Å². The van der Waals surface area contributed by atoms with E-state index < -0.39 is 42.9 Å². The number of benzene rings is 1. The normalized spacial score (nSPS) is 20.3. The Morgan fingerprint density at radius 2 is 2.05 bits per heavy atom. The average Bonchev–Trinajstić information content (AvgIpc) is 3.26. The van der Waals surface area contributed by atoms with Gasteiger partial charge in [-0.3, -0.25) is 14.9 Å². The molecule has 2 aliphatic heterocycles. The van der Waals surface area contributed by atoms with E-state index in [4.69, 9.17) is 16.3 Å². The summed E-state index contributed by atoms with van der Waals surface area (Å²) in [5.41, 5.74) is 0.142. The fourth-order valence-corrected chi connectivity index (χ4v) is 6.16. The van der Waals surface area contributed by atoms with Crippen molar-refractivity contribution in [3.05, 3.63) is 47.6 Å². The van der Waals surface area contributed by atoms with Crippen LogP contribution in [-0.4, -0.2) is 98.8 Å². The second-order valence-corrected chi connectivity index (χ2v) is 11.3. The molecule has 0 bridgehead atoms. The first kappa shape index (κ1) is 29.6. The van der Waals surface area contributed by atoms with Gasteiger partial charge in [-0.2, -0.15) is 15.2 Å². The van der Waals surface area contributed by atoms with E-state index in [1.165, 1.54) is 22.2 Å². The molecule has 2 fully saturated rings. The van der Waals surface area contributed by atoms with Crippen molar-refractivity contribution < 1.29 is 27.8 Å². The molecule has 1 N–H and O–H groups in total. The topological polar surface area (TPSA) is 132 Å². The van der Waals surface area contributed by atoms with Gasteiger partial charge in [-0.05, 0) is 13.1 Å². The highest BCUT2D eigenvalue weighted by Crippen LogP contribution is 2.37. The predicted octanol–water partition coefficient (Wildman–Crippen LogP) is 4.83. The number of pyridine rings is 2. The summed E-state index contributed by atoms with van der Waals surface area (Å²) in [5.74, 6) is -3.44. The number of halogens is 4. The Kier molecular flexibility index (Phi) is 7.77. The van der Waals surface area contributed by atoms with Crippen LogP contribution >= 0.6 is 11.6 Å². The van der Waals surface area contributed by atoms with Crippen LogP contribution in [0.5, 0.6) is 6.01 Å². The third-order valence-electron chi connectivity index (χ3n) is 8.03. The number of hydrogen-bond acceptors (Lipinski definition) is 9. The SMILES string of the molecule is CN1CC(F)(F)C[C@H]1COc1nc(N2CCN(C(=O)O)[C@@H](CC#N)C2)c2cnc(-c3cncc4cccc(Cl)c34)c(F)c2n1. The lowest BCUT2D eigenvalue weighted by Crippen LogP contribution is -2.55. The van der Waals surface area contributed by atoms with Gasteiger partial charge in [0.15, 0.2) is 5.82 Å². The molecule has 2 aliphatic rings. The number of ether oxygens (including phenoxy) is 1. The van der Waals surface area contributed by atoms with Gasteiger partial charge in [0.1, 0.15) is 23.6 Å². The maximum atomic E-state index is 16.5. The van der Waals surface area contributed by atoms with E-state index >= 15 is 4.39 Å². The van der Waals surface area contributed by atoms with Crippen molar-refractivity contribution in [2.24, 2.45) is 0 Å². The lowest BCUT2D eigenvalue weighted by molar-refractivity contribution is 0.0136. The molecule has 0 spiro atoms. The molecule has 44 heavy (non-hydrogen) atoms. The first-order valence-electron chi connectivity index (χ1n) is 13.8. The molecule has 15 heteroatoms. The lowest BCUT2D eigenvalue weighted by atomic mass is 10.0. The van der Waals surface area contributed by atoms with Crippen LogP contribution in [0, 0.1) is 17.1 Å². The molecule has 4 aromatic rings. The van der Waals surface area contributed by atoms with Gasteiger partial charge < -0.3 is 19.6 Å². The number of alkyl halides is 2. The molecular weight excluding hydrogens is 601 g/mol. The van der Waals surface area contributed by atoms with E-state index in [1.807, 2.05) is 6.07 Å². The van der Waals surface area contributed by atoms with Crippen molar-refractivity contribution in [3.63, 3.8) is 0 Å². The molecule has 0 radical (unpaired) electrons. The monoisotopic (exact) mass is 626 g/mol. The van der Waals surface area contributed by atoms with E-state index in [2.05, 4.69) is 19.9 Å². The summed E-state index contributed by atoms with van der Waals surface area (Å²) < 4.78 is 50.3. The summed E-state index contributed by atoms with van der Waals surface area (Å²) in [5, 5.41) is 20.8. The first-order chi connectivity index (χ1) is 21.1. The van der Waals surface area contributed by atoms with E-state index in [-0.39, 0.29) is 61.1 Å². The lowest BCUT2D eigenvalue weighted by Gasteiger charge is -2.39. The number of aromatic nitrogens is 4. The van der Waals surface area contributed by atoms with E-state index in [0.717, 1.165) is 0 Å². The van der Waals surface area contributed by atoms with Gasteiger partial charge in [0.2, 0.25) is 0 Å². The molecule has 5 heterocycles. The summed E-state index contributed by atoms with van der Waals surface area (Å²) in [6.07, 6.45) is 2.85. The summed E-state index contributed by atoms with van der Waals surface area (Å²) in [4.78, 5) is 33.7. The Morgan fingerprint density at radius 3 is 2.77 bits per heavy atom. The summed E-state index contributed by atoms with van der Waals surface area (Å²) in [7, 11) is 1.57. The molecule has 0 saturated carbocycles. The maximum Gasteiger partial charge on any atom is 0.407 e. The minimum absolute atomic E-state index is 0.0625. The zero-order chi connectivity index (χ0) is 31.2. The van der Waals surface area contributed by atoms with Crippen molar-refractivity contribution >= 4 is 45.2 Å². The van der Waals surface area contributed by atoms with Crippen LogP contribution in [0.1, 0.15) is 12.8 Å². The molecule has 1 aromatic carbocycles. The molecule has 0 unspecified atom stereocenters. The van der Waals surface area contributed by atoms with Crippen molar-refractivity contribution in [3.8, 4) is 23.3 Å². The van der Waals surface area contributed by atoms with Crippen LogP contribution in [0.2, 0.25) is 5.02 Å². The Morgan fingerprint density at radius 1 is 1.23 bits per heavy atom. The molecule has 2 saturated heterocycles. The molecule has 228 valence electrons. The van der Waals surface area contributed by atoms with Gasteiger partial charge in [0, 0.05) is 72.0 Å². The highest BCUT2D eigenvalue weighted by atomic mass is 35.5. The number of rotatable bonds is 6. The molecule has 6 rings (SSSR count). The molecule has 0 aliphatic carbocycles. The summed E-state index contributed by atoms with van der Waals surface area (Å²) in [6, 6.07) is 5.71. The summed E-state index contributed by atoms with van der Waals surface area (Å²) >= 11 is 6.49. The number of amides is 1. The third kappa shape index (κ3) is 5.48. The van der Waals surface area contributed by atoms with Crippen molar-refractivity contribution in [2.45, 2.75) is 30.8 Å². The number of piperazine rings is 1. The smallest absolute Gasteiger partial charge is 0.407 e. The van der Waals surface area contributed by atoms with Gasteiger partial charge in [-0.1, -0.05) is 23.7 Å². The number of nitriles is 1. The zero-order valence-corrected chi connectivity index (χ0v) is 24.2. The molecule has 1 amide bonds. The highest BCUT2D eigenvalue weighted by molar-refractivity contribution is 6.36. The molecule has 3 aromatic heterocycles. The van der Waals surface area contributed by atoms with Crippen molar-refractivity contribution in [1.82, 2.24) is 29.7 Å². The van der Waals surface area contributed by atoms with E-state index in [9.17, 15) is 23.9 Å². The van der Waals surface area contributed by atoms with Crippen LogP contribution < -0.4 is 9.64 Å². The Hall–Kier alpha value is -4.48. The quantitative estimate of drug-likeness (QED) is 0.317. The number of fused-ring (bicyclic) bond motifs is 2. The first-order valence-corrected chi connectivity index (χ1v) is 14.2. The number of likely N-dealkylation sites (tertiary alicyclic amines) is 1. The van der Waals surface area contributed by atoms with Gasteiger partial charge in [-0.15, -0.1) is 0 Å². The zero-order valence-electron chi connectivity index (χ0n) is 23.4. The van der Waals surface area contributed by atoms with Gasteiger partial charge >= 0.3 is 12.1 Å². The minimum atomic E-state index is -2.86. The summed E-state index contributed by atoms with van der Waals surface area (Å²) in [6.45, 7) is -0.230. The second kappa shape index (κ2) is 11.5. The molecule has 2 atom stereocenters. The standard InChI is InChI=1S/C29H26ClF3N8O3/c1-39-15-29(32,33)9-18(39)14-44-27-37-25-20(26(38-27)40-7-8-41(28(42)43)17(13-40)5-6-34)12-36-24(23(25)31)19-11-35-10-16-3-2-4-21(30)22(16)19/h2-4,10-12,17-18H,5,7-9,13-15H2,1H3,(H,42,43)/t17-,18-/m0/s1. The highest BCUT2D eigenvalue weighted by Gasteiger charge is 2.43. The second-order valence-electron chi connectivity index (χ2n) is 10.9. The Balaban J connectivity index is 1.45. The van der Waals surface area contributed by atoms with Crippen molar-refractivity contribution in [2.75, 3.05) is 44.7 Å². The fraction of sp³-hybridized carbons (Fsp3) is 0.379. The number of likely N-dealkylation sites (N-methyl/N-ethyl adjacent to an activating group) is 1. The van der Waals surface area contributed by atoms with Crippen LogP contribution in [0.3, 0.4) is 0 Å². The van der Waals surface area contributed by atoms with Crippen LogP contribution in [0.15, 0.2) is 36.8 Å². The van der Waals surface area contributed by atoms with Gasteiger partial charge in [-0.25, -0.2) is 18.0 Å².